The molecule has 1 atom stereocenters. The highest BCUT2D eigenvalue weighted by molar-refractivity contribution is 6.30. The van der Waals surface area contributed by atoms with Crippen molar-refractivity contribution in [3.05, 3.63) is 58.1 Å². The summed E-state index contributed by atoms with van der Waals surface area (Å²) in [6, 6.07) is 8.61. The van der Waals surface area contributed by atoms with Crippen LogP contribution in [0.1, 0.15) is 23.6 Å². The molecule has 0 radical (unpaired) electrons. The van der Waals surface area contributed by atoms with Gasteiger partial charge in [-0.1, -0.05) is 17.7 Å². The summed E-state index contributed by atoms with van der Waals surface area (Å²) in [6.07, 6.45) is -5.61. The largest absolute Gasteiger partial charge is 0.481 e. The lowest BCUT2D eigenvalue weighted by Gasteiger charge is -2.18. The molecular weight excluding hydrogens is 355 g/mol. The Kier molecular flexibility index (Phi) is 5.62. The van der Waals surface area contributed by atoms with Crippen LogP contribution in [0.2, 0.25) is 5.02 Å². The van der Waals surface area contributed by atoms with Crippen molar-refractivity contribution in [2.45, 2.75) is 33.1 Å². The van der Waals surface area contributed by atoms with Gasteiger partial charge in [-0.25, -0.2) is 0 Å². The van der Waals surface area contributed by atoms with Crippen molar-refractivity contribution in [2.24, 2.45) is 0 Å². The SMILES string of the molecule is Cc1cc(C)cc(O[C@@H](C)C(=O)Nc2ccc(Cl)cc2C(F)(F)F)c1. The van der Waals surface area contributed by atoms with Gasteiger partial charge < -0.3 is 10.1 Å². The maximum absolute atomic E-state index is 13.1. The second kappa shape index (κ2) is 7.35. The highest BCUT2D eigenvalue weighted by Crippen LogP contribution is 2.36. The van der Waals surface area contributed by atoms with E-state index in [1.807, 2.05) is 19.9 Å². The lowest BCUT2D eigenvalue weighted by molar-refractivity contribution is -0.137. The first-order valence-corrected chi connectivity index (χ1v) is 7.86. The zero-order valence-electron chi connectivity index (χ0n) is 13.9. The molecule has 0 bridgehead atoms. The fourth-order valence-corrected chi connectivity index (χ4v) is 2.53. The van der Waals surface area contributed by atoms with Crippen molar-refractivity contribution in [2.75, 3.05) is 5.32 Å². The molecule has 0 spiro atoms. The molecule has 2 rings (SSSR count). The molecule has 1 amide bonds. The maximum atomic E-state index is 13.1. The summed E-state index contributed by atoms with van der Waals surface area (Å²) in [7, 11) is 0. The minimum absolute atomic E-state index is 0.0649. The van der Waals surface area contributed by atoms with E-state index >= 15 is 0 Å². The molecule has 0 aliphatic heterocycles. The Bertz CT molecular complexity index is 770. The molecule has 25 heavy (non-hydrogen) atoms. The Morgan fingerprint density at radius 3 is 2.28 bits per heavy atom. The van der Waals surface area contributed by atoms with Gasteiger partial charge >= 0.3 is 6.18 Å². The third kappa shape index (κ3) is 5.13. The number of amides is 1. The zero-order chi connectivity index (χ0) is 18.8. The summed E-state index contributed by atoms with van der Waals surface area (Å²) in [4.78, 5) is 12.2. The summed E-state index contributed by atoms with van der Waals surface area (Å²) in [5.41, 5.74) is 0.545. The normalized spacial score (nSPS) is 12.6. The number of carbonyl (C=O) groups excluding carboxylic acids is 1. The van der Waals surface area contributed by atoms with Crippen LogP contribution in [0.5, 0.6) is 5.75 Å². The molecule has 2 aromatic carbocycles. The fraction of sp³-hybridized carbons (Fsp3) is 0.278. The van der Waals surface area contributed by atoms with Gasteiger partial charge in [0.1, 0.15) is 5.75 Å². The smallest absolute Gasteiger partial charge is 0.418 e. The standard InChI is InChI=1S/C18H17ClF3NO2/c1-10-6-11(2)8-14(7-10)25-12(3)17(24)23-16-5-4-13(19)9-15(16)18(20,21)22/h4-9,12H,1-3H3,(H,23,24)/t12-/m0/s1. The highest BCUT2D eigenvalue weighted by Gasteiger charge is 2.34. The number of hydrogen-bond donors (Lipinski definition) is 1. The van der Waals surface area contributed by atoms with Gasteiger partial charge in [0.2, 0.25) is 0 Å². The highest BCUT2D eigenvalue weighted by atomic mass is 35.5. The molecule has 0 aliphatic rings. The molecule has 0 saturated carbocycles. The molecule has 0 saturated heterocycles. The minimum Gasteiger partial charge on any atom is -0.481 e. The third-order valence-corrected chi connectivity index (χ3v) is 3.66. The van der Waals surface area contributed by atoms with Crippen molar-refractivity contribution in [3.8, 4) is 5.75 Å². The van der Waals surface area contributed by atoms with E-state index in [1.165, 1.54) is 13.0 Å². The molecule has 134 valence electrons. The average Bonchev–Trinajstić information content (AvgIpc) is 2.46. The van der Waals surface area contributed by atoms with Crippen LogP contribution in [0.15, 0.2) is 36.4 Å². The Morgan fingerprint density at radius 2 is 1.72 bits per heavy atom. The van der Waals surface area contributed by atoms with Crippen LogP contribution in [0, 0.1) is 13.8 Å². The van der Waals surface area contributed by atoms with E-state index in [0.29, 0.717) is 5.75 Å². The number of alkyl halides is 3. The monoisotopic (exact) mass is 371 g/mol. The van der Waals surface area contributed by atoms with E-state index in [9.17, 15) is 18.0 Å². The van der Waals surface area contributed by atoms with Crippen LogP contribution in [0.25, 0.3) is 0 Å². The lowest BCUT2D eigenvalue weighted by Crippen LogP contribution is -2.31. The predicted molar refractivity (Wildman–Crippen MR) is 91.1 cm³/mol. The second-order valence-electron chi connectivity index (χ2n) is 5.76. The van der Waals surface area contributed by atoms with E-state index in [4.69, 9.17) is 16.3 Å². The van der Waals surface area contributed by atoms with Crippen LogP contribution in [-0.4, -0.2) is 12.0 Å². The lowest BCUT2D eigenvalue weighted by atomic mass is 10.1. The molecule has 0 aliphatic carbocycles. The first kappa shape index (κ1) is 19.1. The molecule has 1 N–H and O–H groups in total. The van der Waals surface area contributed by atoms with E-state index in [-0.39, 0.29) is 10.7 Å². The Labute approximate surface area is 148 Å². The van der Waals surface area contributed by atoms with Gasteiger partial charge in [0.15, 0.2) is 6.10 Å². The summed E-state index contributed by atoms with van der Waals surface area (Å²) >= 11 is 5.62. The molecule has 0 aromatic heterocycles. The van der Waals surface area contributed by atoms with Crippen LogP contribution in [0.3, 0.4) is 0 Å². The van der Waals surface area contributed by atoms with Crippen molar-refractivity contribution in [1.29, 1.82) is 0 Å². The van der Waals surface area contributed by atoms with E-state index in [2.05, 4.69) is 5.32 Å². The molecule has 2 aromatic rings. The Balaban J connectivity index is 2.16. The fourth-order valence-electron chi connectivity index (χ4n) is 2.35. The number of ether oxygens (including phenoxy) is 1. The van der Waals surface area contributed by atoms with Gasteiger partial charge in [-0.2, -0.15) is 13.2 Å². The van der Waals surface area contributed by atoms with Crippen LogP contribution in [0.4, 0.5) is 18.9 Å². The van der Waals surface area contributed by atoms with Crippen molar-refractivity contribution in [1.82, 2.24) is 0 Å². The van der Waals surface area contributed by atoms with Crippen LogP contribution in [-0.2, 0) is 11.0 Å². The molecule has 3 nitrogen and oxygen atoms in total. The number of rotatable bonds is 4. The molecular formula is C18H17ClF3NO2. The second-order valence-corrected chi connectivity index (χ2v) is 6.20. The van der Waals surface area contributed by atoms with Gasteiger partial charge in [0.25, 0.3) is 5.91 Å². The molecule has 7 heteroatoms. The third-order valence-electron chi connectivity index (χ3n) is 3.42. The summed E-state index contributed by atoms with van der Waals surface area (Å²) in [6.45, 7) is 5.23. The van der Waals surface area contributed by atoms with Gasteiger partial charge in [-0.05, 0) is 62.2 Å². The number of nitrogens with one attached hydrogen (secondary N) is 1. The number of aryl methyl sites for hydroxylation is 2. The summed E-state index contributed by atoms with van der Waals surface area (Å²) in [5, 5.41) is 2.19. The molecule has 0 heterocycles. The zero-order valence-corrected chi connectivity index (χ0v) is 14.6. The van der Waals surface area contributed by atoms with Gasteiger partial charge in [-0.15, -0.1) is 0 Å². The minimum atomic E-state index is -4.63. The van der Waals surface area contributed by atoms with E-state index < -0.39 is 23.8 Å². The maximum Gasteiger partial charge on any atom is 0.418 e. The number of hydrogen-bond acceptors (Lipinski definition) is 2. The van der Waals surface area contributed by atoms with Gasteiger partial charge in [-0.3, -0.25) is 4.79 Å². The summed E-state index contributed by atoms with van der Waals surface area (Å²) < 4.78 is 44.8. The quantitative estimate of drug-likeness (QED) is 0.783. The molecule has 0 unspecified atom stereocenters. The average molecular weight is 372 g/mol. The van der Waals surface area contributed by atoms with E-state index in [1.54, 1.807) is 12.1 Å². The Morgan fingerprint density at radius 1 is 1.12 bits per heavy atom. The number of halogens is 4. The number of carbonyl (C=O) groups is 1. The van der Waals surface area contributed by atoms with Gasteiger partial charge in [0, 0.05) is 5.02 Å². The summed E-state index contributed by atoms with van der Waals surface area (Å²) in [5.74, 6) is -0.209. The topological polar surface area (TPSA) is 38.3 Å². The van der Waals surface area contributed by atoms with Crippen LogP contribution >= 0.6 is 11.6 Å². The van der Waals surface area contributed by atoms with Gasteiger partial charge in [0.05, 0.1) is 11.3 Å². The van der Waals surface area contributed by atoms with Crippen molar-refractivity contribution < 1.29 is 22.7 Å². The number of anilines is 1. The molecule has 0 fully saturated rings. The van der Waals surface area contributed by atoms with Crippen molar-refractivity contribution >= 4 is 23.2 Å². The van der Waals surface area contributed by atoms with Crippen molar-refractivity contribution in [3.63, 3.8) is 0 Å². The van der Waals surface area contributed by atoms with E-state index in [0.717, 1.165) is 23.3 Å². The predicted octanol–water partition coefficient (Wildman–Crippen LogP) is 5.38. The number of benzene rings is 2. The van der Waals surface area contributed by atoms with Crippen LogP contribution < -0.4 is 10.1 Å². The Hall–Kier alpha value is -2.21. The first-order chi connectivity index (χ1) is 11.6. The first-order valence-electron chi connectivity index (χ1n) is 7.49.